The van der Waals surface area contributed by atoms with Crippen LogP contribution in [-0.2, 0) is 42.2 Å². The van der Waals surface area contributed by atoms with Crippen molar-refractivity contribution < 1.29 is 52.2 Å². The van der Waals surface area contributed by atoms with Crippen molar-refractivity contribution in [3.05, 3.63) is 97.2 Å². The van der Waals surface area contributed by atoms with Crippen molar-refractivity contribution in [1.82, 2.24) is 0 Å². The highest BCUT2D eigenvalue weighted by molar-refractivity contribution is 7.47. The van der Waals surface area contributed by atoms with Crippen LogP contribution in [-0.4, -0.2) is 66.5 Å². The Kier molecular flexibility index (Phi) is 58.7. The molecule has 0 aromatic rings. The number of aliphatic hydroxyl groups is 1. The number of phosphoric acid groups is 1. The van der Waals surface area contributed by atoms with Crippen molar-refractivity contribution in [2.45, 2.75) is 290 Å². The zero-order valence-corrected chi connectivity index (χ0v) is 51.9. The number of esters is 3. The minimum Gasteiger partial charge on any atom is -0.462 e. The van der Waals surface area contributed by atoms with E-state index in [4.69, 9.17) is 23.3 Å². The molecule has 0 amide bonds. The Bertz CT molecular complexity index is 1710. The second kappa shape index (κ2) is 61.5. The fraction of sp³-hybridized carbons (Fsp3) is 0.721. The highest BCUT2D eigenvalue weighted by atomic mass is 31.2. The van der Waals surface area contributed by atoms with Gasteiger partial charge in [-0.05, 0) is 103 Å². The van der Waals surface area contributed by atoms with Gasteiger partial charge in [-0.1, -0.05) is 253 Å². The van der Waals surface area contributed by atoms with Crippen molar-refractivity contribution in [3.8, 4) is 0 Å². The monoisotopic (exact) mass is 1140 g/mol. The molecule has 0 radical (unpaired) electrons. The van der Waals surface area contributed by atoms with E-state index in [0.29, 0.717) is 19.3 Å². The molecule has 3 unspecified atom stereocenters. The summed E-state index contributed by atoms with van der Waals surface area (Å²) in [5, 5.41) is 9.86. The molecule has 0 aromatic heterocycles. The highest BCUT2D eigenvalue weighted by Gasteiger charge is 2.28. The van der Waals surface area contributed by atoms with Crippen LogP contribution in [0.5, 0.6) is 0 Å². The van der Waals surface area contributed by atoms with E-state index in [1.165, 1.54) is 96.3 Å². The van der Waals surface area contributed by atoms with E-state index in [-0.39, 0.29) is 25.9 Å². The lowest BCUT2D eigenvalue weighted by Crippen LogP contribution is -2.30. The Hall–Kier alpha value is -3.60. The molecule has 11 nitrogen and oxygen atoms in total. The number of ether oxygens (including phenoxy) is 3. The summed E-state index contributed by atoms with van der Waals surface area (Å²) in [5.74, 6) is -1.51. The molecule has 0 saturated carbocycles. The van der Waals surface area contributed by atoms with Crippen LogP contribution in [0.1, 0.15) is 278 Å². The van der Waals surface area contributed by atoms with E-state index < -0.39 is 57.8 Å². The fourth-order valence-corrected chi connectivity index (χ4v) is 9.41. The Morgan fingerprint density at radius 2 is 0.650 bits per heavy atom. The first-order valence-electron chi connectivity index (χ1n) is 32.1. The lowest BCUT2D eigenvalue weighted by atomic mass is 10.0. The van der Waals surface area contributed by atoms with Gasteiger partial charge in [0.15, 0.2) is 6.10 Å². The quantitative estimate of drug-likeness (QED) is 0.0197. The predicted octanol–water partition coefficient (Wildman–Crippen LogP) is 19.6. The molecule has 0 rings (SSSR count). The van der Waals surface area contributed by atoms with Gasteiger partial charge in [0.25, 0.3) is 0 Å². The topological polar surface area (TPSA) is 155 Å². The molecule has 3 atom stereocenters. The number of unbranched alkanes of at least 4 members (excludes halogenated alkanes) is 26. The molecule has 0 aliphatic heterocycles. The van der Waals surface area contributed by atoms with Crippen LogP contribution in [0.2, 0.25) is 0 Å². The molecular formula is C68H117O11P. The minimum absolute atomic E-state index is 0.125. The lowest BCUT2D eigenvalue weighted by Gasteiger charge is -2.21. The van der Waals surface area contributed by atoms with Crippen LogP contribution in [0, 0.1) is 0 Å². The highest BCUT2D eigenvalue weighted by Crippen LogP contribution is 2.43. The van der Waals surface area contributed by atoms with Gasteiger partial charge in [0.05, 0.1) is 19.8 Å². The van der Waals surface area contributed by atoms with Gasteiger partial charge >= 0.3 is 25.7 Å². The smallest absolute Gasteiger partial charge is 0.462 e. The van der Waals surface area contributed by atoms with Gasteiger partial charge in [0, 0.05) is 19.3 Å². The lowest BCUT2D eigenvalue weighted by molar-refractivity contribution is -0.161. The third-order valence-corrected chi connectivity index (χ3v) is 14.4. The molecule has 0 aliphatic rings. The number of rotatable bonds is 59. The summed E-state index contributed by atoms with van der Waals surface area (Å²) in [6.07, 6.45) is 73.5. The van der Waals surface area contributed by atoms with Gasteiger partial charge in [0.1, 0.15) is 12.7 Å². The Balaban J connectivity index is 4.75. The summed E-state index contributed by atoms with van der Waals surface area (Å²) < 4.78 is 39.7. The van der Waals surface area contributed by atoms with Gasteiger partial charge in [0.2, 0.25) is 0 Å². The van der Waals surface area contributed by atoms with E-state index in [1.54, 1.807) is 0 Å². The maximum Gasteiger partial charge on any atom is 0.472 e. The number of aliphatic hydroxyl groups excluding tert-OH is 1. The number of carbonyl (C=O) groups excluding carboxylic acids is 3. The van der Waals surface area contributed by atoms with Crippen molar-refractivity contribution in [2.24, 2.45) is 0 Å². The average Bonchev–Trinajstić information content (AvgIpc) is 3.45. The van der Waals surface area contributed by atoms with E-state index in [0.717, 1.165) is 122 Å². The minimum atomic E-state index is -4.77. The first-order chi connectivity index (χ1) is 39.2. The Labute approximate surface area is 489 Å². The van der Waals surface area contributed by atoms with E-state index in [1.807, 2.05) is 0 Å². The summed E-state index contributed by atoms with van der Waals surface area (Å²) in [7, 11) is -4.77. The van der Waals surface area contributed by atoms with E-state index >= 15 is 0 Å². The predicted molar refractivity (Wildman–Crippen MR) is 334 cm³/mol. The molecule has 460 valence electrons. The molecular weight excluding hydrogens is 1020 g/mol. The largest absolute Gasteiger partial charge is 0.472 e. The molecule has 12 heteroatoms. The van der Waals surface area contributed by atoms with Crippen molar-refractivity contribution in [3.63, 3.8) is 0 Å². The molecule has 0 heterocycles. The SMILES string of the molecule is CC/C=C\C/C=C\C/C=C\C/C=C\C/C=C\CCCCCC(=O)OC(COC(=O)CCCCCCCCCCCCCCCCC)COP(=O)(O)OCC(CO)OC(=O)CCCCCCCC/C=C\C/C=C\C/C=C\CCCCC. The number of carbonyl (C=O) groups is 3. The zero-order chi connectivity index (χ0) is 58.3. The number of allylic oxidation sites excluding steroid dienone is 16. The van der Waals surface area contributed by atoms with Crippen LogP contribution < -0.4 is 0 Å². The molecule has 0 fully saturated rings. The summed E-state index contributed by atoms with van der Waals surface area (Å²) >= 11 is 0. The summed E-state index contributed by atoms with van der Waals surface area (Å²) in [6.45, 7) is 4.48. The summed E-state index contributed by atoms with van der Waals surface area (Å²) in [4.78, 5) is 48.7. The van der Waals surface area contributed by atoms with Crippen LogP contribution in [0.4, 0.5) is 0 Å². The van der Waals surface area contributed by atoms with Crippen molar-refractivity contribution in [1.29, 1.82) is 0 Å². The number of hydrogen-bond donors (Lipinski definition) is 2. The summed E-state index contributed by atoms with van der Waals surface area (Å²) in [6, 6.07) is 0. The third kappa shape index (κ3) is 59.0. The first kappa shape index (κ1) is 76.4. The maximum atomic E-state index is 13.0. The average molecular weight is 1140 g/mol. The third-order valence-electron chi connectivity index (χ3n) is 13.5. The number of hydrogen-bond acceptors (Lipinski definition) is 10. The standard InChI is InChI=1S/C68H117O11P/c1-4-7-10-13-16-19-22-25-28-30-32-34-37-40-43-46-49-52-55-58-67(71)78-64(60-69)62-76-80(73,74)77-63-65(61-75-66(70)57-54-51-48-45-42-39-36-27-24-21-18-15-12-9-6-3)79-68(72)59-56-53-50-47-44-41-38-35-33-31-29-26-23-20-17-14-11-8-5-2/h8,11,16-17,19-20,25-26,28-29,32-35,41,44,64-65,69H,4-7,9-10,12-15,18,21-24,27,30-31,36-40,42-43,45-63H2,1-3H3,(H,73,74)/b11-8-,19-16-,20-17-,28-25-,29-26-,34-32-,35-33-,44-41-. The maximum absolute atomic E-state index is 13.0. The molecule has 0 saturated heterocycles. The normalized spacial score (nSPS) is 13.9. The second-order valence-corrected chi connectivity index (χ2v) is 22.7. The van der Waals surface area contributed by atoms with Gasteiger partial charge in [-0.15, -0.1) is 0 Å². The molecule has 0 spiro atoms. The van der Waals surface area contributed by atoms with Gasteiger partial charge < -0.3 is 24.2 Å². The Morgan fingerprint density at radius 1 is 0.362 bits per heavy atom. The summed E-state index contributed by atoms with van der Waals surface area (Å²) in [5.41, 5.74) is 0. The second-order valence-electron chi connectivity index (χ2n) is 21.2. The van der Waals surface area contributed by atoms with E-state index in [9.17, 15) is 28.9 Å². The molecule has 0 aromatic carbocycles. The first-order valence-corrected chi connectivity index (χ1v) is 33.6. The van der Waals surface area contributed by atoms with Gasteiger partial charge in [-0.2, -0.15) is 0 Å². The molecule has 2 N–H and O–H groups in total. The fourth-order valence-electron chi connectivity index (χ4n) is 8.63. The van der Waals surface area contributed by atoms with Crippen LogP contribution in [0.25, 0.3) is 0 Å². The molecule has 0 aliphatic carbocycles. The van der Waals surface area contributed by atoms with Crippen LogP contribution in [0.3, 0.4) is 0 Å². The van der Waals surface area contributed by atoms with Crippen LogP contribution in [0.15, 0.2) is 97.2 Å². The van der Waals surface area contributed by atoms with E-state index in [2.05, 4.69) is 118 Å². The number of phosphoric ester groups is 1. The van der Waals surface area contributed by atoms with Crippen LogP contribution >= 0.6 is 7.82 Å². The zero-order valence-electron chi connectivity index (χ0n) is 51.0. The van der Waals surface area contributed by atoms with Crippen molar-refractivity contribution >= 4 is 25.7 Å². The molecule has 80 heavy (non-hydrogen) atoms. The molecule has 0 bridgehead atoms. The Morgan fingerprint density at radius 3 is 1.04 bits per heavy atom. The van der Waals surface area contributed by atoms with Gasteiger partial charge in [-0.3, -0.25) is 23.4 Å². The van der Waals surface area contributed by atoms with Gasteiger partial charge in [-0.25, -0.2) is 4.57 Å². The van der Waals surface area contributed by atoms with Crippen molar-refractivity contribution in [2.75, 3.05) is 26.4 Å².